The van der Waals surface area contributed by atoms with Crippen molar-refractivity contribution in [2.75, 3.05) is 18.6 Å². The molecule has 1 aliphatic rings. The fourth-order valence-electron chi connectivity index (χ4n) is 3.39. The molecule has 1 aromatic heterocycles. The normalized spacial score (nSPS) is 16.3. The zero-order chi connectivity index (χ0) is 16.1. The zero-order valence-corrected chi connectivity index (χ0v) is 14.9. The highest BCUT2D eigenvalue weighted by Gasteiger charge is 2.28. The summed E-state index contributed by atoms with van der Waals surface area (Å²) in [5.74, 6) is 0. The molecule has 1 aliphatic heterocycles. The van der Waals surface area contributed by atoms with Crippen LogP contribution < -0.4 is 4.90 Å². The molecule has 0 aromatic carbocycles. The lowest BCUT2D eigenvalue weighted by atomic mass is 9.94. The van der Waals surface area contributed by atoms with Crippen LogP contribution in [0.4, 0.5) is 5.69 Å². The average molecular weight is 323 g/mol. The van der Waals surface area contributed by atoms with Crippen molar-refractivity contribution in [2.45, 2.75) is 58.9 Å². The number of fused-ring (bicyclic) bond motifs is 1. The van der Waals surface area contributed by atoms with Crippen LogP contribution in [-0.2, 0) is 4.74 Å². The van der Waals surface area contributed by atoms with Crippen LogP contribution in [-0.4, -0.2) is 24.7 Å². The molecule has 0 saturated heterocycles. The largest absolute Gasteiger partial charge is 0.504 e. The van der Waals surface area contributed by atoms with Crippen molar-refractivity contribution >= 4 is 22.9 Å². The lowest BCUT2D eigenvalue weighted by molar-refractivity contribution is 0.338. The van der Waals surface area contributed by atoms with Crippen molar-refractivity contribution in [3.05, 3.63) is 28.7 Å². The number of aromatic nitrogens is 1. The van der Waals surface area contributed by atoms with Crippen LogP contribution in [0.25, 0.3) is 5.57 Å². The van der Waals surface area contributed by atoms with Gasteiger partial charge in [-0.15, -0.1) is 0 Å². The molecule has 0 unspecified atom stereocenters. The minimum Gasteiger partial charge on any atom is -0.504 e. The highest BCUT2D eigenvalue weighted by Crippen LogP contribution is 2.40. The van der Waals surface area contributed by atoms with Gasteiger partial charge in [0.25, 0.3) is 0 Å². The number of pyridine rings is 1. The Labute approximate surface area is 139 Å². The Morgan fingerprint density at radius 2 is 2.05 bits per heavy atom. The lowest BCUT2D eigenvalue weighted by Crippen LogP contribution is -2.39. The first-order chi connectivity index (χ1) is 10.6. The third kappa shape index (κ3) is 3.57. The van der Waals surface area contributed by atoms with Crippen molar-refractivity contribution in [3.8, 4) is 0 Å². The summed E-state index contributed by atoms with van der Waals surface area (Å²) in [6.45, 7) is 7.54. The van der Waals surface area contributed by atoms with E-state index in [2.05, 4.69) is 29.8 Å². The monoisotopic (exact) mass is 322 g/mol. The standard InChI is InChI=1S/C18H27ClN2O/c1-5-7-15(8-6-2)21-10-9-14(12-22-4)17-16(21)11-13(3)20-18(17)19/h11-12,15H,5-10H2,1-4H3/b14-12+. The Morgan fingerprint density at radius 3 is 2.64 bits per heavy atom. The van der Waals surface area contributed by atoms with Gasteiger partial charge in [0.05, 0.1) is 13.4 Å². The summed E-state index contributed by atoms with van der Waals surface area (Å²) in [6, 6.07) is 2.75. The van der Waals surface area contributed by atoms with Crippen LogP contribution in [0.15, 0.2) is 12.3 Å². The number of hydrogen-bond acceptors (Lipinski definition) is 3. The van der Waals surface area contributed by atoms with Crippen molar-refractivity contribution in [2.24, 2.45) is 0 Å². The van der Waals surface area contributed by atoms with Gasteiger partial charge in [-0.3, -0.25) is 0 Å². The first-order valence-corrected chi connectivity index (χ1v) is 8.66. The summed E-state index contributed by atoms with van der Waals surface area (Å²) in [6.07, 6.45) is 7.61. The Morgan fingerprint density at radius 1 is 1.36 bits per heavy atom. The predicted molar refractivity (Wildman–Crippen MR) is 94.5 cm³/mol. The third-order valence-corrected chi connectivity index (χ3v) is 4.55. The summed E-state index contributed by atoms with van der Waals surface area (Å²) in [5.41, 5.74) is 4.40. The second kappa shape index (κ2) is 7.87. The molecule has 0 saturated carbocycles. The molecule has 1 aromatic rings. The molecule has 4 heteroatoms. The number of rotatable bonds is 6. The smallest absolute Gasteiger partial charge is 0.139 e. The molecule has 22 heavy (non-hydrogen) atoms. The van der Waals surface area contributed by atoms with Crippen molar-refractivity contribution in [1.29, 1.82) is 0 Å². The SMILES string of the molecule is CCCC(CCC)N1CC/C(=C\OC)c2c1cc(C)nc2Cl. The van der Waals surface area contributed by atoms with E-state index in [1.807, 2.05) is 13.2 Å². The fourth-order valence-corrected chi connectivity index (χ4v) is 3.74. The van der Waals surface area contributed by atoms with E-state index in [1.165, 1.54) is 31.4 Å². The van der Waals surface area contributed by atoms with Gasteiger partial charge in [0.2, 0.25) is 0 Å². The maximum atomic E-state index is 6.47. The molecule has 0 spiro atoms. The highest BCUT2D eigenvalue weighted by atomic mass is 35.5. The second-order valence-corrected chi connectivity index (χ2v) is 6.36. The molecule has 122 valence electrons. The van der Waals surface area contributed by atoms with E-state index in [1.54, 1.807) is 7.11 Å². The molecule has 0 fully saturated rings. The maximum absolute atomic E-state index is 6.47. The van der Waals surface area contributed by atoms with E-state index in [-0.39, 0.29) is 0 Å². The van der Waals surface area contributed by atoms with E-state index in [4.69, 9.17) is 16.3 Å². The molecule has 3 nitrogen and oxygen atoms in total. The molecule has 2 rings (SSSR count). The summed E-state index contributed by atoms with van der Waals surface area (Å²) < 4.78 is 5.25. The average Bonchev–Trinajstić information content (AvgIpc) is 2.47. The van der Waals surface area contributed by atoms with Gasteiger partial charge in [0.15, 0.2) is 0 Å². The summed E-state index contributed by atoms with van der Waals surface area (Å²) in [4.78, 5) is 6.99. The number of ether oxygens (including phenoxy) is 1. The molecule has 0 atom stereocenters. The van der Waals surface area contributed by atoms with Crippen LogP contribution in [0.3, 0.4) is 0 Å². The van der Waals surface area contributed by atoms with Crippen molar-refractivity contribution < 1.29 is 4.74 Å². The summed E-state index contributed by atoms with van der Waals surface area (Å²) >= 11 is 6.47. The molecule has 0 amide bonds. The third-order valence-electron chi connectivity index (χ3n) is 4.28. The van der Waals surface area contributed by atoms with Gasteiger partial charge >= 0.3 is 0 Å². The van der Waals surface area contributed by atoms with E-state index in [9.17, 15) is 0 Å². The predicted octanol–water partition coefficient (Wildman–Crippen LogP) is 5.21. The highest BCUT2D eigenvalue weighted by molar-refractivity contribution is 6.31. The number of anilines is 1. The van der Waals surface area contributed by atoms with Gasteiger partial charge in [-0.2, -0.15) is 0 Å². The van der Waals surface area contributed by atoms with Crippen LogP contribution in [0.5, 0.6) is 0 Å². The molecular weight excluding hydrogens is 296 g/mol. The molecule has 2 heterocycles. The molecule has 0 radical (unpaired) electrons. The number of halogens is 1. The lowest BCUT2D eigenvalue weighted by Gasteiger charge is -2.39. The minimum absolute atomic E-state index is 0.579. The number of hydrogen-bond donors (Lipinski definition) is 0. The van der Waals surface area contributed by atoms with Crippen molar-refractivity contribution in [1.82, 2.24) is 4.98 Å². The Bertz CT molecular complexity index is 536. The first kappa shape index (κ1) is 17.1. The van der Waals surface area contributed by atoms with Crippen LogP contribution >= 0.6 is 11.6 Å². The molecule has 0 aliphatic carbocycles. The topological polar surface area (TPSA) is 25.4 Å². The Hall–Kier alpha value is -1.22. The first-order valence-electron chi connectivity index (χ1n) is 8.28. The van der Waals surface area contributed by atoms with E-state index in [0.29, 0.717) is 11.2 Å². The fraction of sp³-hybridized carbons (Fsp3) is 0.611. The van der Waals surface area contributed by atoms with E-state index < -0.39 is 0 Å². The van der Waals surface area contributed by atoms with E-state index in [0.717, 1.165) is 29.8 Å². The Kier molecular flexibility index (Phi) is 6.13. The van der Waals surface area contributed by atoms with Gasteiger partial charge in [0, 0.05) is 35.1 Å². The minimum atomic E-state index is 0.579. The molecule has 0 N–H and O–H groups in total. The number of nitrogens with zero attached hydrogens (tertiary/aromatic N) is 2. The van der Waals surface area contributed by atoms with Crippen LogP contribution in [0.1, 0.15) is 57.2 Å². The quantitative estimate of drug-likeness (QED) is 0.531. The van der Waals surface area contributed by atoms with E-state index >= 15 is 0 Å². The zero-order valence-electron chi connectivity index (χ0n) is 14.2. The molecular formula is C18H27ClN2O. The molecule has 0 bridgehead atoms. The van der Waals surface area contributed by atoms with Gasteiger partial charge in [-0.1, -0.05) is 38.3 Å². The van der Waals surface area contributed by atoms with Crippen LogP contribution in [0, 0.1) is 6.92 Å². The Balaban J connectivity index is 2.48. The van der Waals surface area contributed by atoms with Gasteiger partial charge in [-0.25, -0.2) is 4.98 Å². The van der Waals surface area contributed by atoms with Gasteiger partial charge < -0.3 is 9.64 Å². The number of methoxy groups -OCH3 is 1. The van der Waals surface area contributed by atoms with Gasteiger partial charge in [0.1, 0.15) is 5.15 Å². The summed E-state index contributed by atoms with van der Waals surface area (Å²) in [7, 11) is 1.69. The summed E-state index contributed by atoms with van der Waals surface area (Å²) in [5, 5.41) is 0.592. The van der Waals surface area contributed by atoms with Crippen molar-refractivity contribution in [3.63, 3.8) is 0 Å². The second-order valence-electron chi connectivity index (χ2n) is 6.00. The number of aryl methyl sites for hydroxylation is 1. The van der Waals surface area contributed by atoms with Crippen LogP contribution in [0.2, 0.25) is 5.15 Å². The van der Waals surface area contributed by atoms with Gasteiger partial charge in [-0.05, 0) is 32.3 Å². The maximum Gasteiger partial charge on any atom is 0.139 e.